The lowest BCUT2D eigenvalue weighted by atomic mass is 9.88. The quantitative estimate of drug-likeness (QED) is 0.320. The average Bonchev–Trinajstić information content (AvgIpc) is 3.48. The second-order valence-corrected chi connectivity index (χ2v) is 11.6. The lowest BCUT2D eigenvalue weighted by Crippen LogP contribution is -2.48. The van der Waals surface area contributed by atoms with Gasteiger partial charge >= 0.3 is 0 Å². The molecule has 1 N–H and O–H groups in total. The van der Waals surface area contributed by atoms with Crippen molar-refractivity contribution in [1.82, 2.24) is 24.5 Å². The number of piperazine rings is 1. The number of hydrogen-bond acceptors (Lipinski definition) is 7. The Kier molecular flexibility index (Phi) is 8.36. The Bertz CT molecular complexity index is 1610. The van der Waals surface area contributed by atoms with Gasteiger partial charge < -0.3 is 20.0 Å². The second-order valence-electron chi connectivity index (χ2n) is 11.6. The van der Waals surface area contributed by atoms with Crippen LogP contribution in [-0.2, 0) is 11.2 Å². The molecule has 1 atom stereocenters. The van der Waals surface area contributed by atoms with Crippen molar-refractivity contribution in [2.45, 2.75) is 52.0 Å². The standard InChI is InChI=1S/C33H41BN8O/c1-4-29-27(20-24(34)21-35-29)30-8-6-7-14-41(30)31-13-15-42-33(38-31)28(22-36-42)23(3)37-25-9-11-26(12-10-25)39-16-18-40(19-17-39)32(43)5-2/h9-13,15,20-22,30,37H,3-8,14,16-19,34H2,1-2H3. The van der Waals surface area contributed by atoms with Gasteiger partial charge in [-0.3, -0.25) is 9.78 Å². The van der Waals surface area contributed by atoms with Crippen LogP contribution in [0.15, 0.2) is 61.6 Å². The molecular formula is C33H41BN8O. The van der Waals surface area contributed by atoms with Gasteiger partial charge in [-0.25, -0.2) is 9.50 Å². The molecule has 2 aliphatic rings. The zero-order valence-corrected chi connectivity index (χ0v) is 25.6. The van der Waals surface area contributed by atoms with Crippen LogP contribution in [0.5, 0.6) is 0 Å². The van der Waals surface area contributed by atoms with Gasteiger partial charge in [0.2, 0.25) is 5.91 Å². The molecule has 1 amide bonds. The molecule has 9 nitrogen and oxygen atoms in total. The zero-order valence-electron chi connectivity index (χ0n) is 25.6. The highest BCUT2D eigenvalue weighted by Gasteiger charge is 2.28. The van der Waals surface area contributed by atoms with Crippen molar-refractivity contribution in [2.75, 3.05) is 47.8 Å². The van der Waals surface area contributed by atoms with E-state index in [9.17, 15) is 4.79 Å². The Balaban J connectivity index is 1.19. The second kappa shape index (κ2) is 12.5. The number of pyridine rings is 1. The van der Waals surface area contributed by atoms with Crippen LogP contribution in [0, 0.1) is 0 Å². The van der Waals surface area contributed by atoms with E-state index in [2.05, 4.69) is 78.0 Å². The number of nitrogens with one attached hydrogen (secondary N) is 1. The molecule has 43 heavy (non-hydrogen) atoms. The number of carbonyl (C=O) groups excluding carboxylic acids is 1. The molecule has 1 unspecified atom stereocenters. The van der Waals surface area contributed by atoms with E-state index in [0.29, 0.717) is 6.42 Å². The fourth-order valence-corrected chi connectivity index (χ4v) is 6.40. The zero-order chi connectivity index (χ0) is 29.9. The van der Waals surface area contributed by atoms with E-state index in [1.807, 2.05) is 34.9 Å². The molecule has 1 aromatic carbocycles. The number of amides is 1. The summed E-state index contributed by atoms with van der Waals surface area (Å²) >= 11 is 0. The minimum atomic E-state index is 0.233. The predicted molar refractivity (Wildman–Crippen MR) is 177 cm³/mol. The van der Waals surface area contributed by atoms with Crippen LogP contribution < -0.4 is 20.6 Å². The lowest BCUT2D eigenvalue weighted by Gasteiger charge is -2.37. The molecule has 2 fully saturated rings. The maximum Gasteiger partial charge on any atom is 0.222 e. The van der Waals surface area contributed by atoms with E-state index in [1.54, 1.807) is 0 Å². The van der Waals surface area contributed by atoms with Crippen LogP contribution in [0.3, 0.4) is 0 Å². The third-order valence-corrected chi connectivity index (χ3v) is 8.77. The van der Waals surface area contributed by atoms with E-state index < -0.39 is 0 Å². The Morgan fingerprint density at radius 1 is 1.05 bits per heavy atom. The van der Waals surface area contributed by atoms with Gasteiger partial charge in [0.05, 0.1) is 17.8 Å². The van der Waals surface area contributed by atoms with E-state index in [1.165, 1.54) is 23.1 Å². The van der Waals surface area contributed by atoms with E-state index in [0.717, 1.165) is 86.1 Å². The highest BCUT2D eigenvalue weighted by atomic mass is 16.2. The summed E-state index contributed by atoms with van der Waals surface area (Å²) in [4.78, 5) is 28.7. The van der Waals surface area contributed by atoms with Crippen molar-refractivity contribution in [2.24, 2.45) is 0 Å². The highest BCUT2D eigenvalue weighted by molar-refractivity contribution is 6.32. The number of aromatic nitrogens is 4. The molecule has 0 radical (unpaired) electrons. The Morgan fingerprint density at radius 2 is 1.84 bits per heavy atom. The first-order chi connectivity index (χ1) is 20.9. The number of carbonyl (C=O) groups is 1. The molecule has 0 spiro atoms. The first kappa shape index (κ1) is 28.8. The molecule has 0 saturated carbocycles. The molecule has 0 bridgehead atoms. The van der Waals surface area contributed by atoms with Gasteiger partial charge in [0.1, 0.15) is 13.7 Å². The fourth-order valence-electron chi connectivity index (χ4n) is 6.40. The third kappa shape index (κ3) is 5.96. The van der Waals surface area contributed by atoms with Crippen molar-refractivity contribution >= 4 is 47.8 Å². The number of nitrogens with zero attached hydrogens (tertiary/aromatic N) is 7. The highest BCUT2D eigenvalue weighted by Crippen LogP contribution is 2.36. The number of fused-ring (bicyclic) bond motifs is 1. The largest absolute Gasteiger partial charge is 0.368 e. The first-order valence-electron chi connectivity index (χ1n) is 15.6. The van der Waals surface area contributed by atoms with Gasteiger partial charge in [-0.1, -0.05) is 32.0 Å². The van der Waals surface area contributed by atoms with Crippen LogP contribution in [0.1, 0.15) is 62.4 Å². The van der Waals surface area contributed by atoms with Gasteiger partial charge in [0.15, 0.2) is 5.65 Å². The summed E-state index contributed by atoms with van der Waals surface area (Å²) in [5.41, 5.74) is 8.23. The molecular weight excluding hydrogens is 535 g/mol. The summed E-state index contributed by atoms with van der Waals surface area (Å²) in [6, 6.07) is 13.0. The summed E-state index contributed by atoms with van der Waals surface area (Å²) in [6.07, 6.45) is 10.7. The van der Waals surface area contributed by atoms with E-state index in [-0.39, 0.29) is 11.9 Å². The summed E-state index contributed by atoms with van der Waals surface area (Å²) in [5, 5.41) is 8.04. The minimum Gasteiger partial charge on any atom is -0.368 e. The summed E-state index contributed by atoms with van der Waals surface area (Å²) in [5.74, 6) is 1.19. The Morgan fingerprint density at radius 3 is 2.58 bits per heavy atom. The van der Waals surface area contributed by atoms with Gasteiger partial charge in [-0.15, -0.1) is 0 Å². The normalized spacial score (nSPS) is 17.3. The smallest absolute Gasteiger partial charge is 0.222 e. The third-order valence-electron chi connectivity index (χ3n) is 8.77. The molecule has 222 valence electrons. The first-order valence-corrected chi connectivity index (χ1v) is 15.6. The van der Waals surface area contributed by atoms with Gasteiger partial charge in [0, 0.05) is 74.3 Å². The fraction of sp³-hybridized carbons (Fsp3) is 0.394. The van der Waals surface area contributed by atoms with Crippen molar-refractivity contribution in [3.05, 3.63) is 78.4 Å². The molecule has 6 rings (SSSR count). The van der Waals surface area contributed by atoms with Crippen LogP contribution >= 0.6 is 0 Å². The monoisotopic (exact) mass is 576 g/mol. The van der Waals surface area contributed by atoms with Crippen LogP contribution in [-0.4, -0.2) is 71.0 Å². The Labute approximate surface area is 255 Å². The molecule has 4 aromatic rings. The summed E-state index contributed by atoms with van der Waals surface area (Å²) in [6.45, 7) is 12.7. The lowest BCUT2D eigenvalue weighted by molar-refractivity contribution is -0.131. The molecule has 2 saturated heterocycles. The van der Waals surface area contributed by atoms with Gasteiger partial charge in [0.25, 0.3) is 0 Å². The van der Waals surface area contributed by atoms with E-state index in [4.69, 9.17) is 9.97 Å². The topological polar surface area (TPSA) is 81.9 Å². The molecule has 10 heteroatoms. The molecule has 0 aliphatic carbocycles. The minimum absolute atomic E-state index is 0.233. The van der Waals surface area contributed by atoms with Gasteiger partial charge in [-0.2, -0.15) is 5.10 Å². The van der Waals surface area contributed by atoms with Crippen molar-refractivity contribution < 1.29 is 4.79 Å². The van der Waals surface area contributed by atoms with Gasteiger partial charge in [-0.05, 0) is 61.6 Å². The van der Waals surface area contributed by atoms with Crippen molar-refractivity contribution in [3.8, 4) is 0 Å². The maximum absolute atomic E-state index is 12.0. The number of anilines is 3. The number of rotatable bonds is 8. The molecule has 3 aromatic heterocycles. The molecule has 2 aliphatic heterocycles. The Hall–Kier alpha value is -4.34. The van der Waals surface area contributed by atoms with Crippen LogP contribution in [0.25, 0.3) is 11.3 Å². The number of benzene rings is 1. The van der Waals surface area contributed by atoms with Crippen molar-refractivity contribution in [3.63, 3.8) is 0 Å². The van der Waals surface area contributed by atoms with Crippen LogP contribution in [0.4, 0.5) is 17.2 Å². The number of hydrogen-bond donors (Lipinski definition) is 1. The number of aryl methyl sites for hydroxylation is 1. The molecule has 5 heterocycles. The average molecular weight is 577 g/mol. The van der Waals surface area contributed by atoms with Crippen molar-refractivity contribution in [1.29, 1.82) is 0 Å². The number of piperidine rings is 1. The van der Waals surface area contributed by atoms with Crippen LogP contribution in [0.2, 0.25) is 0 Å². The predicted octanol–water partition coefficient (Wildman–Crippen LogP) is 3.82. The summed E-state index contributed by atoms with van der Waals surface area (Å²) in [7, 11) is 2.12. The summed E-state index contributed by atoms with van der Waals surface area (Å²) < 4.78 is 1.82. The van der Waals surface area contributed by atoms with E-state index >= 15 is 0 Å². The SMILES string of the molecule is Bc1cnc(CC)c(C2CCCCN2c2ccn3ncc(C(=C)Nc4ccc(N5CCN(C(=O)CC)CC5)cc4)c3n2)c1. The maximum atomic E-state index is 12.0.